The summed E-state index contributed by atoms with van der Waals surface area (Å²) in [5.41, 5.74) is 1.98. The van der Waals surface area contributed by atoms with Crippen LogP contribution in [0.15, 0.2) is 6.33 Å². The number of fused-ring (bicyclic) bond motifs is 5. The summed E-state index contributed by atoms with van der Waals surface area (Å²) in [6.07, 6.45) is 2.37. The number of hydrogen-bond donors (Lipinski definition) is 0. The van der Waals surface area contributed by atoms with Gasteiger partial charge in [0.2, 0.25) is 0 Å². The predicted molar refractivity (Wildman–Crippen MR) is 113 cm³/mol. The van der Waals surface area contributed by atoms with Crippen LogP contribution in [0.1, 0.15) is 37.0 Å². The highest BCUT2D eigenvalue weighted by Crippen LogP contribution is 2.39. The van der Waals surface area contributed by atoms with Crippen LogP contribution in [0.5, 0.6) is 0 Å². The normalized spacial score (nSPS) is 19.4. The van der Waals surface area contributed by atoms with Gasteiger partial charge >= 0.3 is 6.09 Å². The smallest absolute Gasteiger partial charge is 0.409 e. The first kappa shape index (κ1) is 19.7. The summed E-state index contributed by atoms with van der Waals surface area (Å²) in [7, 11) is 0. The van der Waals surface area contributed by atoms with Crippen LogP contribution in [-0.4, -0.2) is 73.9 Å². The molecule has 160 valence electrons. The van der Waals surface area contributed by atoms with Gasteiger partial charge in [0, 0.05) is 37.5 Å². The van der Waals surface area contributed by atoms with E-state index in [1.165, 1.54) is 10.4 Å². The van der Waals surface area contributed by atoms with Crippen molar-refractivity contribution < 1.29 is 14.3 Å². The molecule has 3 aromatic rings. The molecule has 0 radical (unpaired) electrons. The summed E-state index contributed by atoms with van der Waals surface area (Å²) in [4.78, 5) is 27.6. The highest BCUT2D eigenvalue weighted by Gasteiger charge is 2.31. The van der Waals surface area contributed by atoms with Gasteiger partial charge in [-0.15, -0.1) is 16.4 Å². The van der Waals surface area contributed by atoms with E-state index < -0.39 is 0 Å². The van der Waals surface area contributed by atoms with Crippen LogP contribution in [0.2, 0.25) is 0 Å². The molecule has 0 bridgehead atoms. The number of piperazine rings is 1. The molecule has 30 heavy (non-hydrogen) atoms. The Balaban J connectivity index is 1.38. The van der Waals surface area contributed by atoms with E-state index in [4.69, 9.17) is 14.5 Å². The lowest BCUT2D eigenvalue weighted by molar-refractivity contribution is -0.0379. The van der Waals surface area contributed by atoms with Crippen molar-refractivity contribution in [2.45, 2.75) is 45.9 Å². The van der Waals surface area contributed by atoms with Crippen LogP contribution >= 0.6 is 11.3 Å². The van der Waals surface area contributed by atoms with Crippen molar-refractivity contribution in [2.75, 3.05) is 32.8 Å². The zero-order valence-electron chi connectivity index (χ0n) is 17.6. The monoisotopic (exact) mass is 430 g/mol. The Morgan fingerprint density at radius 2 is 2.10 bits per heavy atom. The Hall–Kier alpha value is -2.30. The van der Waals surface area contributed by atoms with Crippen molar-refractivity contribution in [3.8, 4) is 0 Å². The van der Waals surface area contributed by atoms with Crippen LogP contribution < -0.4 is 0 Å². The summed E-state index contributed by atoms with van der Waals surface area (Å²) in [6, 6.07) is 0. The van der Waals surface area contributed by atoms with E-state index in [0.29, 0.717) is 32.8 Å². The fourth-order valence-electron chi connectivity index (χ4n) is 4.16. The molecule has 1 saturated heterocycles. The first-order valence-corrected chi connectivity index (χ1v) is 11.2. The molecular weight excluding hydrogens is 404 g/mol. The van der Waals surface area contributed by atoms with Gasteiger partial charge in [-0.25, -0.2) is 19.3 Å². The molecule has 0 aromatic carbocycles. The fraction of sp³-hybridized carbons (Fsp3) is 0.600. The topological polar surface area (TPSA) is 85.1 Å². The highest BCUT2D eigenvalue weighted by molar-refractivity contribution is 7.19. The molecule has 0 spiro atoms. The Labute approximate surface area is 178 Å². The summed E-state index contributed by atoms with van der Waals surface area (Å²) >= 11 is 1.69. The molecule has 1 fully saturated rings. The minimum atomic E-state index is -0.231. The average Bonchev–Trinajstić information content (AvgIpc) is 3.28. The van der Waals surface area contributed by atoms with E-state index in [2.05, 4.69) is 28.8 Å². The summed E-state index contributed by atoms with van der Waals surface area (Å²) in [5, 5.41) is 5.79. The Morgan fingerprint density at radius 3 is 2.87 bits per heavy atom. The molecule has 5 rings (SSSR count). The van der Waals surface area contributed by atoms with Gasteiger partial charge < -0.3 is 14.4 Å². The van der Waals surface area contributed by atoms with E-state index in [0.717, 1.165) is 41.2 Å². The van der Waals surface area contributed by atoms with E-state index in [9.17, 15) is 4.79 Å². The van der Waals surface area contributed by atoms with E-state index in [-0.39, 0.29) is 11.7 Å². The van der Waals surface area contributed by atoms with Gasteiger partial charge in [0.05, 0.1) is 30.7 Å². The Kier molecular flexibility index (Phi) is 4.87. The minimum absolute atomic E-state index is 0.185. The number of aromatic nitrogens is 4. The third-order valence-corrected chi connectivity index (χ3v) is 6.83. The molecule has 0 atom stereocenters. The number of rotatable bonds is 3. The van der Waals surface area contributed by atoms with Gasteiger partial charge in [0.1, 0.15) is 11.2 Å². The van der Waals surface area contributed by atoms with Crippen molar-refractivity contribution in [1.82, 2.24) is 29.4 Å². The van der Waals surface area contributed by atoms with E-state index in [1.54, 1.807) is 27.1 Å². The van der Waals surface area contributed by atoms with Gasteiger partial charge in [0.25, 0.3) is 0 Å². The van der Waals surface area contributed by atoms with Crippen LogP contribution in [0.25, 0.3) is 15.9 Å². The highest BCUT2D eigenvalue weighted by atomic mass is 32.1. The molecule has 2 aliphatic heterocycles. The molecular formula is C20H26N6O3S. The SMILES string of the molecule is CCOC(=O)N1CCN(Cc2nc3c4c5c(sc4ncn3n2)COC(C)(C)C5)CC1. The lowest BCUT2D eigenvalue weighted by atomic mass is 9.94. The van der Waals surface area contributed by atoms with Gasteiger partial charge in [-0.1, -0.05) is 0 Å². The summed E-state index contributed by atoms with van der Waals surface area (Å²) < 4.78 is 12.9. The maximum atomic E-state index is 11.9. The predicted octanol–water partition coefficient (Wildman–Crippen LogP) is 2.46. The number of nitrogens with zero attached hydrogens (tertiary/aromatic N) is 6. The van der Waals surface area contributed by atoms with Gasteiger partial charge in [0.15, 0.2) is 11.5 Å². The van der Waals surface area contributed by atoms with Gasteiger partial charge in [-0.2, -0.15) is 0 Å². The third kappa shape index (κ3) is 3.52. The van der Waals surface area contributed by atoms with Crippen molar-refractivity contribution in [1.29, 1.82) is 0 Å². The molecule has 0 saturated carbocycles. The average molecular weight is 431 g/mol. The van der Waals surface area contributed by atoms with Crippen molar-refractivity contribution in [3.63, 3.8) is 0 Å². The molecule has 1 amide bonds. The third-order valence-electron chi connectivity index (χ3n) is 5.72. The molecule has 5 heterocycles. The number of carbonyl (C=O) groups is 1. The first-order chi connectivity index (χ1) is 14.4. The largest absolute Gasteiger partial charge is 0.450 e. The molecule has 9 nitrogen and oxygen atoms in total. The lowest BCUT2D eigenvalue weighted by Gasteiger charge is -2.33. The van der Waals surface area contributed by atoms with E-state index in [1.807, 2.05) is 6.92 Å². The first-order valence-electron chi connectivity index (χ1n) is 10.4. The number of ether oxygens (including phenoxy) is 2. The Bertz CT molecular complexity index is 1100. The second kappa shape index (κ2) is 7.44. The number of amides is 1. The van der Waals surface area contributed by atoms with E-state index >= 15 is 0 Å². The van der Waals surface area contributed by atoms with Crippen LogP contribution in [0.4, 0.5) is 4.79 Å². The molecule has 0 unspecified atom stereocenters. The van der Waals surface area contributed by atoms with Crippen molar-refractivity contribution in [3.05, 3.63) is 22.6 Å². The second-order valence-corrected chi connectivity index (χ2v) is 9.50. The second-order valence-electron chi connectivity index (χ2n) is 8.41. The zero-order chi connectivity index (χ0) is 20.9. The van der Waals surface area contributed by atoms with Crippen LogP contribution in [0, 0.1) is 0 Å². The molecule has 3 aromatic heterocycles. The standard InChI is InChI=1S/C20H26N6O3S/c1-4-28-19(27)25-7-5-24(6-8-25)10-15-22-17-16-13-9-20(2,3)29-11-14(13)30-18(16)21-12-26(17)23-15/h12H,4-11H2,1-3H3. The molecule has 10 heteroatoms. The maximum absolute atomic E-state index is 11.9. The number of thiophene rings is 1. The van der Waals surface area contributed by atoms with Crippen LogP contribution in [0.3, 0.4) is 0 Å². The molecule has 0 N–H and O–H groups in total. The maximum Gasteiger partial charge on any atom is 0.409 e. The fourth-order valence-corrected chi connectivity index (χ4v) is 5.22. The zero-order valence-corrected chi connectivity index (χ0v) is 18.4. The lowest BCUT2D eigenvalue weighted by Crippen LogP contribution is -2.48. The van der Waals surface area contributed by atoms with Crippen molar-refractivity contribution >= 4 is 33.3 Å². The number of hydrogen-bond acceptors (Lipinski definition) is 8. The minimum Gasteiger partial charge on any atom is -0.450 e. The van der Waals surface area contributed by atoms with Gasteiger partial charge in [-0.05, 0) is 26.3 Å². The quantitative estimate of drug-likeness (QED) is 0.631. The summed E-state index contributed by atoms with van der Waals surface area (Å²) in [6.45, 7) is 10.6. The molecule has 2 aliphatic rings. The Morgan fingerprint density at radius 1 is 1.30 bits per heavy atom. The number of carbonyl (C=O) groups excluding carboxylic acids is 1. The van der Waals surface area contributed by atoms with Crippen molar-refractivity contribution in [2.24, 2.45) is 0 Å². The molecule has 0 aliphatic carbocycles. The van der Waals surface area contributed by atoms with Gasteiger partial charge in [-0.3, -0.25) is 4.90 Å². The summed E-state index contributed by atoms with van der Waals surface area (Å²) in [5.74, 6) is 0.778. The van der Waals surface area contributed by atoms with Crippen LogP contribution in [-0.2, 0) is 29.0 Å².